The summed E-state index contributed by atoms with van der Waals surface area (Å²) in [7, 11) is 0. The zero-order valence-corrected chi connectivity index (χ0v) is 10.6. The van der Waals surface area contributed by atoms with Crippen molar-refractivity contribution in [2.24, 2.45) is 5.73 Å². The first-order chi connectivity index (χ1) is 9.19. The van der Waals surface area contributed by atoms with Crippen molar-refractivity contribution in [2.75, 3.05) is 0 Å². The SMILES string of the molecule is NCc1ccc(Cn2ccn(C3CC3)c2=O)c(F)c1. The Hall–Kier alpha value is -1.88. The van der Waals surface area contributed by atoms with Crippen LogP contribution in [-0.4, -0.2) is 9.13 Å². The maximum absolute atomic E-state index is 13.9. The van der Waals surface area contributed by atoms with Crippen LogP contribution in [0.1, 0.15) is 30.0 Å². The Labute approximate surface area is 110 Å². The summed E-state index contributed by atoms with van der Waals surface area (Å²) in [5.41, 5.74) is 6.66. The van der Waals surface area contributed by atoms with Crippen LogP contribution in [0.15, 0.2) is 35.4 Å². The van der Waals surface area contributed by atoms with Gasteiger partial charge in [-0.3, -0.25) is 9.13 Å². The first-order valence-electron chi connectivity index (χ1n) is 6.43. The average Bonchev–Trinajstić information content (AvgIpc) is 3.18. The fourth-order valence-corrected chi connectivity index (χ4v) is 2.21. The Kier molecular flexibility index (Phi) is 2.98. The van der Waals surface area contributed by atoms with Crippen molar-refractivity contribution in [3.8, 4) is 0 Å². The lowest BCUT2D eigenvalue weighted by Crippen LogP contribution is -2.24. The van der Waals surface area contributed by atoms with Gasteiger partial charge in [0.25, 0.3) is 0 Å². The van der Waals surface area contributed by atoms with Crippen LogP contribution in [0.25, 0.3) is 0 Å². The van der Waals surface area contributed by atoms with Crippen LogP contribution in [0.4, 0.5) is 4.39 Å². The van der Waals surface area contributed by atoms with Crippen LogP contribution >= 0.6 is 0 Å². The highest BCUT2D eigenvalue weighted by Gasteiger charge is 2.25. The number of aromatic nitrogens is 2. The summed E-state index contributed by atoms with van der Waals surface area (Å²) in [4.78, 5) is 12.1. The summed E-state index contributed by atoms with van der Waals surface area (Å²) in [6.45, 7) is 0.574. The number of halogens is 1. The third kappa shape index (κ3) is 2.33. The third-order valence-corrected chi connectivity index (χ3v) is 3.51. The van der Waals surface area contributed by atoms with Gasteiger partial charge in [-0.1, -0.05) is 12.1 Å². The molecule has 3 rings (SSSR count). The number of nitrogens with two attached hydrogens (primary N) is 1. The van der Waals surface area contributed by atoms with Gasteiger partial charge in [0.15, 0.2) is 0 Å². The summed E-state index contributed by atoms with van der Waals surface area (Å²) in [5, 5.41) is 0. The topological polar surface area (TPSA) is 52.9 Å². The molecule has 0 spiro atoms. The minimum Gasteiger partial charge on any atom is -0.326 e. The second kappa shape index (κ2) is 4.66. The van der Waals surface area contributed by atoms with Gasteiger partial charge in [-0.2, -0.15) is 0 Å². The molecule has 0 unspecified atom stereocenters. The summed E-state index contributed by atoms with van der Waals surface area (Å²) >= 11 is 0. The van der Waals surface area contributed by atoms with Gasteiger partial charge in [-0.15, -0.1) is 0 Å². The molecule has 2 N–H and O–H groups in total. The Balaban J connectivity index is 1.87. The Morgan fingerprint density at radius 3 is 2.74 bits per heavy atom. The second-order valence-electron chi connectivity index (χ2n) is 4.98. The highest BCUT2D eigenvalue weighted by Crippen LogP contribution is 2.33. The molecule has 19 heavy (non-hydrogen) atoms. The summed E-state index contributed by atoms with van der Waals surface area (Å²) < 4.78 is 17.1. The molecular weight excluding hydrogens is 245 g/mol. The van der Waals surface area contributed by atoms with Crippen molar-refractivity contribution >= 4 is 0 Å². The number of nitrogens with zero attached hydrogens (tertiary/aromatic N) is 2. The molecule has 0 bridgehead atoms. The molecule has 1 aromatic heterocycles. The summed E-state index contributed by atoms with van der Waals surface area (Å²) in [6, 6.07) is 5.26. The van der Waals surface area contributed by atoms with Gasteiger partial charge in [0.05, 0.1) is 6.54 Å². The van der Waals surface area contributed by atoms with Gasteiger partial charge in [0, 0.05) is 30.5 Å². The molecule has 2 aromatic rings. The van der Waals surface area contributed by atoms with Crippen molar-refractivity contribution < 1.29 is 4.39 Å². The van der Waals surface area contributed by atoms with E-state index in [2.05, 4.69) is 0 Å². The maximum atomic E-state index is 13.9. The molecular formula is C14H16FN3O. The lowest BCUT2D eigenvalue weighted by molar-refractivity contribution is 0.587. The normalized spacial score (nSPS) is 14.8. The zero-order chi connectivity index (χ0) is 13.4. The van der Waals surface area contributed by atoms with Crippen LogP contribution in [0.3, 0.4) is 0 Å². The lowest BCUT2D eigenvalue weighted by Gasteiger charge is -2.05. The Morgan fingerprint density at radius 2 is 2.11 bits per heavy atom. The Bertz CT molecular complexity index is 655. The van der Waals surface area contributed by atoms with E-state index in [1.807, 2.05) is 0 Å². The van der Waals surface area contributed by atoms with E-state index in [0.717, 1.165) is 18.4 Å². The van der Waals surface area contributed by atoms with Crippen LogP contribution < -0.4 is 11.4 Å². The van der Waals surface area contributed by atoms with Gasteiger partial charge in [0.1, 0.15) is 5.82 Å². The highest BCUT2D eigenvalue weighted by atomic mass is 19.1. The predicted molar refractivity (Wildman–Crippen MR) is 70.4 cm³/mol. The molecule has 0 radical (unpaired) electrons. The number of imidazole rings is 1. The van der Waals surface area contributed by atoms with Gasteiger partial charge < -0.3 is 5.73 Å². The quantitative estimate of drug-likeness (QED) is 0.909. The fourth-order valence-electron chi connectivity index (χ4n) is 2.21. The zero-order valence-electron chi connectivity index (χ0n) is 10.6. The lowest BCUT2D eigenvalue weighted by atomic mass is 10.1. The average molecular weight is 261 g/mol. The van der Waals surface area contributed by atoms with Crippen molar-refractivity contribution in [1.82, 2.24) is 9.13 Å². The first-order valence-corrected chi connectivity index (χ1v) is 6.43. The predicted octanol–water partition coefficient (Wildman–Crippen LogP) is 1.63. The van der Waals surface area contributed by atoms with Crippen molar-refractivity contribution in [3.63, 3.8) is 0 Å². The molecule has 100 valence electrons. The number of hydrogen-bond acceptors (Lipinski definition) is 2. The molecule has 1 fully saturated rings. The van der Waals surface area contributed by atoms with E-state index in [1.54, 1.807) is 33.7 Å². The van der Waals surface area contributed by atoms with E-state index in [9.17, 15) is 9.18 Å². The standard InChI is InChI=1S/C14H16FN3O/c15-13-7-10(8-16)1-2-11(13)9-17-5-6-18(14(17)19)12-3-4-12/h1-2,5-7,12H,3-4,8-9,16H2. The molecule has 5 heteroatoms. The van der Waals surface area contributed by atoms with Crippen LogP contribution in [0, 0.1) is 5.82 Å². The monoisotopic (exact) mass is 261 g/mol. The largest absolute Gasteiger partial charge is 0.328 e. The van der Waals surface area contributed by atoms with E-state index in [1.165, 1.54) is 6.07 Å². The van der Waals surface area contributed by atoms with E-state index >= 15 is 0 Å². The molecule has 4 nitrogen and oxygen atoms in total. The van der Waals surface area contributed by atoms with Crippen molar-refractivity contribution in [2.45, 2.75) is 32.0 Å². The number of rotatable bonds is 4. The molecule has 1 aliphatic carbocycles. The van der Waals surface area contributed by atoms with E-state index in [0.29, 0.717) is 18.2 Å². The Morgan fingerprint density at radius 1 is 1.32 bits per heavy atom. The highest BCUT2D eigenvalue weighted by molar-refractivity contribution is 5.24. The molecule has 0 atom stereocenters. The maximum Gasteiger partial charge on any atom is 0.328 e. The van der Waals surface area contributed by atoms with Gasteiger partial charge in [0.2, 0.25) is 0 Å². The fraction of sp³-hybridized carbons (Fsp3) is 0.357. The van der Waals surface area contributed by atoms with E-state index < -0.39 is 0 Å². The van der Waals surface area contributed by atoms with Crippen LogP contribution in [0.2, 0.25) is 0 Å². The molecule has 1 saturated carbocycles. The minimum absolute atomic E-state index is 0.0650. The van der Waals surface area contributed by atoms with E-state index in [4.69, 9.17) is 5.73 Å². The molecule has 1 aromatic carbocycles. The first kappa shape index (κ1) is 12.2. The smallest absolute Gasteiger partial charge is 0.326 e. The molecule has 0 aliphatic heterocycles. The molecule has 1 heterocycles. The summed E-state index contributed by atoms with van der Waals surface area (Å²) in [6.07, 6.45) is 5.62. The van der Waals surface area contributed by atoms with Crippen LogP contribution in [-0.2, 0) is 13.1 Å². The third-order valence-electron chi connectivity index (χ3n) is 3.51. The summed E-state index contributed by atoms with van der Waals surface area (Å²) in [5.74, 6) is -0.311. The molecule has 1 aliphatic rings. The van der Waals surface area contributed by atoms with Gasteiger partial charge in [-0.05, 0) is 24.5 Å². The number of benzene rings is 1. The molecule has 0 amide bonds. The minimum atomic E-state index is -0.311. The van der Waals surface area contributed by atoms with Gasteiger partial charge in [-0.25, -0.2) is 9.18 Å². The van der Waals surface area contributed by atoms with Gasteiger partial charge >= 0.3 is 5.69 Å². The molecule has 0 saturated heterocycles. The second-order valence-corrected chi connectivity index (χ2v) is 4.98. The van der Waals surface area contributed by atoms with Crippen LogP contribution in [0.5, 0.6) is 0 Å². The van der Waals surface area contributed by atoms with Crippen molar-refractivity contribution in [1.29, 1.82) is 0 Å². The van der Waals surface area contributed by atoms with E-state index in [-0.39, 0.29) is 18.1 Å². The van der Waals surface area contributed by atoms with Crippen molar-refractivity contribution in [3.05, 3.63) is 58.0 Å². The number of hydrogen-bond donors (Lipinski definition) is 1.